The van der Waals surface area contributed by atoms with Crippen LogP contribution in [0.1, 0.15) is 32.3 Å². The molecule has 0 unspecified atom stereocenters. The van der Waals surface area contributed by atoms with E-state index in [0.29, 0.717) is 6.42 Å². The van der Waals surface area contributed by atoms with Crippen molar-refractivity contribution < 1.29 is 33.8 Å². The molecule has 0 bridgehead atoms. The third kappa shape index (κ3) is 7.09. The lowest BCUT2D eigenvalue weighted by atomic mass is 10.00. The van der Waals surface area contributed by atoms with Gasteiger partial charge in [-0.15, -0.1) is 0 Å². The second-order valence-corrected chi connectivity index (χ2v) is 7.36. The number of benzene rings is 1. The number of hydrogen-bond acceptors (Lipinski definition) is 6. The Morgan fingerprint density at radius 3 is 2.32 bits per heavy atom. The van der Waals surface area contributed by atoms with Crippen LogP contribution < -0.4 is 16.0 Å². The van der Waals surface area contributed by atoms with E-state index < -0.39 is 60.1 Å². The highest BCUT2D eigenvalue weighted by atomic mass is 16.5. The lowest BCUT2D eigenvalue weighted by molar-refractivity contribution is -0.149. The Bertz CT molecular complexity index is 828. The van der Waals surface area contributed by atoms with Crippen molar-refractivity contribution in [2.45, 2.75) is 51.2 Å². The Morgan fingerprint density at radius 1 is 1.10 bits per heavy atom. The van der Waals surface area contributed by atoms with Crippen molar-refractivity contribution in [1.29, 1.82) is 0 Å². The second kappa shape index (κ2) is 11.1. The summed E-state index contributed by atoms with van der Waals surface area (Å²) in [6.07, 6.45) is -0.278. The third-order valence-electron chi connectivity index (χ3n) is 4.85. The number of carboxylic acids is 1. The largest absolute Gasteiger partial charge is 0.480 e. The average Bonchev–Trinajstić information content (AvgIpc) is 2.72. The predicted octanol–water partition coefficient (Wildman–Crippen LogP) is -0.239. The Hall–Kier alpha value is -3.43. The fourth-order valence-corrected chi connectivity index (χ4v) is 3.21. The van der Waals surface area contributed by atoms with Crippen LogP contribution in [-0.2, 0) is 35.1 Å². The van der Waals surface area contributed by atoms with E-state index in [9.17, 15) is 29.1 Å². The van der Waals surface area contributed by atoms with E-state index in [-0.39, 0.29) is 13.0 Å². The molecule has 31 heavy (non-hydrogen) atoms. The highest BCUT2D eigenvalue weighted by Gasteiger charge is 2.35. The smallest absolute Gasteiger partial charge is 0.326 e. The first-order chi connectivity index (χ1) is 14.7. The molecule has 1 aromatic rings. The molecule has 4 atom stereocenters. The quantitative estimate of drug-likeness (QED) is 0.372. The third-order valence-corrected chi connectivity index (χ3v) is 4.85. The molecule has 1 fully saturated rings. The van der Waals surface area contributed by atoms with E-state index in [0.717, 1.165) is 5.56 Å². The van der Waals surface area contributed by atoms with Gasteiger partial charge in [0.15, 0.2) is 0 Å². The molecule has 0 spiro atoms. The number of aliphatic carboxylic acids is 1. The summed E-state index contributed by atoms with van der Waals surface area (Å²) in [4.78, 5) is 60.2. The predicted molar refractivity (Wildman–Crippen MR) is 109 cm³/mol. The zero-order valence-electron chi connectivity index (χ0n) is 17.4. The molecule has 1 aliphatic rings. The highest BCUT2D eigenvalue weighted by Crippen LogP contribution is 2.11. The molecule has 1 heterocycles. The van der Waals surface area contributed by atoms with Crippen molar-refractivity contribution in [3.8, 4) is 0 Å². The number of nitrogens with one attached hydrogen (secondary N) is 3. The standard InChI is InChI=1S/C21H27N3O7/c1-3-31-21(30)12(2)9-16(20(28)29)22-17(25)11-15-19(27)23-14(18(26)24-15)10-13-7-5-4-6-8-13/h4-8,12,14-16H,3,9-11H2,1-2H3,(H,22,25)(H,23,27)(H,24,26)(H,28,29)/t12-,14+,15+,16-/m1/s1. The van der Waals surface area contributed by atoms with Gasteiger partial charge in [-0.3, -0.25) is 19.2 Å². The Labute approximate surface area is 179 Å². The maximum atomic E-state index is 12.4. The molecule has 1 aliphatic heterocycles. The van der Waals surface area contributed by atoms with Gasteiger partial charge in [0, 0.05) is 6.42 Å². The minimum Gasteiger partial charge on any atom is -0.480 e. The van der Waals surface area contributed by atoms with Crippen molar-refractivity contribution in [3.05, 3.63) is 35.9 Å². The summed E-state index contributed by atoms with van der Waals surface area (Å²) in [7, 11) is 0. The van der Waals surface area contributed by atoms with Crippen molar-refractivity contribution in [2.75, 3.05) is 6.61 Å². The maximum Gasteiger partial charge on any atom is 0.326 e. The van der Waals surface area contributed by atoms with Gasteiger partial charge in [-0.1, -0.05) is 37.3 Å². The monoisotopic (exact) mass is 433 g/mol. The molecule has 0 saturated carbocycles. The summed E-state index contributed by atoms with van der Waals surface area (Å²) in [6, 6.07) is 5.96. The van der Waals surface area contributed by atoms with E-state index in [1.165, 1.54) is 6.92 Å². The van der Waals surface area contributed by atoms with Gasteiger partial charge in [0.2, 0.25) is 17.7 Å². The number of carbonyl (C=O) groups excluding carboxylic acids is 4. The van der Waals surface area contributed by atoms with E-state index in [4.69, 9.17) is 4.74 Å². The van der Waals surface area contributed by atoms with Gasteiger partial charge >= 0.3 is 11.9 Å². The minimum absolute atomic E-state index is 0.162. The van der Waals surface area contributed by atoms with Gasteiger partial charge in [-0.05, 0) is 18.9 Å². The SMILES string of the molecule is CCOC(=O)[C@H](C)C[C@@H](NC(=O)C[C@@H]1NC(=O)[C@H](Cc2ccccc2)NC1=O)C(=O)O. The molecule has 0 radical (unpaired) electrons. The number of ether oxygens (including phenoxy) is 1. The van der Waals surface area contributed by atoms with E-state index in [1.54, 1.807) is 6.92 Å². The number of rotatable bonds is 10. The first-order valence-corrected chi connectivity index (χ1v) is 10.0. The first kappa shape index (κ1) is 23.8. The molecule has 10 heteroatoms. The van der Waals surface area contributed by atoms with Crippen molar-refractivity contribution in [2.24, 2.45) is 5.92 Å². The van der Waals surface area contributed by atoms with E-state index in [2.05, 4.69) is 16.0 Å². The number of esters is 1. The van der Waals surface area contributed by atoms with Crippen LogP contribution in [0, 0.1) is 5.92 Å². The van der Waals surface area contributed by atoms with Gasteiger partial charge in [0.1, 0.15) is 18.1 Å². The van der Waals surface area contributed by atoms with E-state index in [1.807, 2.05) is 30.3 Å². The maximum absolute atomic E-state index is 12.4. The summed E-state index contributed by atoms with van der Waals surface area (Å²) in [6.45, 7) is 3.30. The van der Waals surface area contributed by atoms with Crippen LogP contribution in [0.5, 0.6) is 0 Å². The molecule has 3 amide bonds. The summed E-state index contributed by atoms with van der Waals surface area (Å²) < 4.78 is 4.84. The lowest BCUT2D eigenvalue weighted by Gasteiger charge is -2.29. The Kier molecular flexibility index (Phi) is 8.53. The fraction of sp³-hybridized carbons (Fsp3) is 0.476. The summed E-state index contributed by atoms with van der Waals surface area (Å²) in [5.74, 6) is -4.30. The second-order valence-electron chi connectivity index (χ2n) is 7.36. The van der Waals surface area contributed by atoms with Crippen molar-refractivity contribution in [3.63, 3.8) is 0 Å². The van der Waals surface area contributed by atoms with Crippen LogP contribution in [0.15, 0.2) is 30.3 Å². The molecule has 168 valence electrons. The average molecular weight is 433 g/mol. The van der Waals surface area contributed by atoms with Gasteiger partial charge in [0.05, 0.1) is 18.9 Å². The number of carbonyl (C=O) groups is 5. The zero-order valence-corrected chi connectivity index (χ0v) is 17.4. The highest BCUT2D eigenvalue weighted by molar-refractivity contribution is 5.99. The summed E-state index contributed by atoms with van der Waals surface area (Å²) in [5, 5.41) is 16.8. The lowest BCUT2D eigenvalue weighted by Crippen LogP contribution is -2.63. The minimum atomic E-state index is -1.33. The van der Waals surface area contributed by atoms with Gasteiger partial charge < -0.3 is 25.8 Å². The zero-order chi connectivity index (χ0) is 23.0. The van der Waals surface area contributed by atoms with Crippen LogP contribution in [0.2, 0.25) is 0 Å². The molecule has 1 saturated heterocycles. The Morgan fingerprint density at radius 2 is 1.71 bits per heavy atom. The van der Waals surface area contributed by atoms with Gasteiger partial charge in [-0.2, -0.15) is 0 Å². The molecule has 0 aromatic heterocycles. The number of amides is 3. The topological polar surface area (TPSA) is 151 Å². The molecule has 2 rings (SSSR count). The molecule has 0 aliphatic carbocycles. The fourth-order valence-electron chi connectivity index (χ4n) is 3.21. The molecular formula is C21H27N3O7. The Balaban J connectivity index is 1.90. The van der Waals surface area contributed by atoms with Crippen LogP contribution >= 0.6 is 0 Å². The van der Waals surface area contributed by atoms with Crippen molar-refractivity contribution in [1.82, 2.24) is 16.0 Å². The van der Waals surface area contributed by atoms with Crippen LogP contribution in [-0.4, -0.2) is 59.5 Å². The number of carboxylic acid groups (broad SMARTS) is 1. The number of hydrogen-bond donors (Lipinski definition) is 4. The normalized spacial score (nSPS) is 20.1. The molecule has 10 nitrogen and oxygen atoms in total. The molecule has 1 aromatic carbocycles. The molecule has 4 N–H and O–H groups in total. The van der Waals surface area contributed by atoms with Gasteiger partial charge in [0.25, 0.3) is 0 Å². The number of piperazine rings is 1. The first-order valence-electron chi connectivity index (χ1n) is 10.0. The summed E-state index contributed by atoms with van der Waals surface area (Å²) >= 11 is 0. The molecular weight excluding hydrogens is 406 g/mol. The van der Waals surface area contributed by atoms with Crippen LogP contribution in [0.3, 0.4) is 0 Å². The summed E-state index contributed by atoms with van der Waals surface area (Å²) in [5.41, 5.74) is 0.874. The van der Waals surface area contributed by atoms with Gasteiger partial charge in [-0.25, -0.2) is 4.79 Å². The van der Waals surface area contributed by atoms with E-state index >= 15 is 0 Å². The van der Waals surface area contributed by atoms with Crippen molar-refractivity contribution >= 4 is 29.7 Å². The van der Waals surface area contributed by atoms with Crippen LogP contribution in [0.25, 0.3) is 0 Å². The van der Waals surface area contributed by atoms with Crippen LogP contribution in [0.4, 0.5) is 0 Å².